The molecule has 1 aliphatic carbocycles. The highest BCUT2D eigenvalue weighted by Gasteiger charge is 2.27. The van der Waals surface area contributed by atoms with Crippen LogP contribution in [0, 0.1) is 29.6 Å². The van der Waals surface area contributed by atoms with Crippen molar-refractivity contribution in [3.8, 4) is 0 Å². The van der Waals surface area contributed by atoms with Crippen molar-refractivity contribution >= 4 is 0 Å². The van der Waals surface area contributed by atoms with Crippen LogP contribution >= 0.6 is 0 Å². The van der Waals surface area contributed by atoms with Gasteiger partial charge in [0.25, 0.3) is 0 Å². The number of piperidine rings is 1. The highest BCUT2D eigenvalue weighted by molar-refractivity contribution is 4.79. The minimum atomic E-state index is 0.741. The summed E-state index contributed by atoms with van der Waals surface area (Å²) in [6, 6.07) is 0.741. The molecule has 130 valence electrons. The average molecular weight is 308 g/mol. The van der Waals surface area contributed by atoms with Gasteiger partial charge in [-0.2, -0.15) is 0 Å². The lowest BCUT2D eigenvalue weighted by Crippen LogP contribution is -2.39. The average Bonchev–Trinajstić information content (AvgIpc) is 2.53. The smallest absolute Gasteiger partial charge is 0.00385 e. The first-order valence-electron chi connectivity index (χ1n) is 10.2. The molecule has 0 aromatic rings. The fourth-order valence-electron chi connectivity index (χ4n) is 4.86. The van der Waals surface area contributed by atoms with Crippen molar-refractivity contribution in [2.75, 3.05) is 13.1 Å². The molecule has 0 N–H and O–H groups in total. The number of hydrogen-bond donors (Lipinski definition) is 0. The van der Waals surface area contributed by atoms with Crippen LogP contribution in [0.2, 0.25) is 0 Å². The molecule has 1 saturated heterocycles. The first-order valence-corrected chi connectivity index (χ1v) is 10.2. The van der Waals surface area contributed by atoms with E-state index in [0.717, 1.165) is 35.6 Å². The molecule has 0 spiro atoms. The molecule has 1 aliphatic heterocycles. The van der Waals surface area contributed by atoms with Crippen molar-refractivity contribution in [1.82, 2.24) is 4.90 Å². The lowest BCUT2D eigenvalue weighted by molar-refractivity contribution is 0.117. The highest BCUT2D eigenvalue weighted by Crippen LogP contribution is 2.36. The van der Waals surface area contributed by atoms with Gasteiger partial charge < -0.3 is 4.90 Å². The lowest BCUT2D eigenvalue weighted by atomic mass is 9.74. The normalized spacial score (nSPS) is 31.4. The zero-order chi connectivity index (χ0) is 16.1. The van der Waals surface area contributed by atoms with E-state index >= 15 is 0 Å². The Bertz CT molecular complexity index is 295. The summed E-state index contributed by atoms with van der Waals surface area (Å²) in [5, 5.41) is 0. The molecule has 0 aromatic heterocycles. The molecule has 2 atom stereocenters. The fourth-order valence-corrected chi connectivity index (χ4v) is 4.86. The molecular weight excluding hydrogens is 266 g/mol. The van der Waals surface area contributed by atoms with Crippen molar-refractivity contribution in [2.24, 2.45) is 29.6 Å². The van der Waals surface area contributed by atoms with Crippen molar-refractivity contribution in [2.45, 2.75) is 92.0 Å². The van der Waals surface area contributed by atoms with Gasteiger partial charge in [0.15, 0.2) is 0 Å². The molecule has 1 heterocycles. The maximum Gasteiger partial charge on any atom is 0.00385 e. The molecule has 2 fully saturated rings. The molecule has 0 amide bonds. The van der Waals surface area contributed by atoms with E-state index in [1.807, 2.05) is 0 Å². The largest absolute Gasteiger partial charge is 0.301 e. The van der Waals surface area contributed by atoms with Gasteiger partial charge >= 0.3 is 0 Å². The minimum absolute atomic E-state index is 0.741. The Morgan fingerprint density at radius 2 is 1.18 bits per heavy atom. The molecule has 1 heteroatoms. The van der Waals surface area contributed by atoms with E-state index in [0.29, 0.717) is 0 Å². The van der Waals surface area contributed by atoms with Crippen LogP contribution in [0.5, 0.6) is 0 Å². The molecule has 0 radical (unpaired) electrons. The maximum atomic E-state index is 2.66. The first kappa shape index (κ1) is 18.3. The van der Waals surface area contributed by atoms with E-state index in [1.54, 1.807) is 0 Å². The summed E-state index contributed by atoms with van der Waals surface area (Å²) in [6.07, 6.45) is 11.8. The van der Waals surface area contributed by atoms with Crippen molar-refractivity contribution in [3.63, 3.8) is 0 Å². The van der Waals surface area contributed by atoms with Crippen LogP contribution in [-0.4, -0.2) is 24.0 Å². The molecule has 2 aliphatic rings. The Morgan fingerprint density at radius 3 is 1.64 bits per heavy atom. The second-order valence-electron chi connectivity index (χ2n) is 9.02. The third-order valence-corrected chi connectivity index (χ3v) is 7.05. The zero-order valence-electron chi connectivity index (χ0n) is 16.0. The fraction of sp³-hybridized carbons (Fsp3) is 1.00. The molecule has 0 aromatic carbocycles. The van der Waals surface area contributed by atoms with Gasteiger partial charge in [-0.15, -0.1) is 0 Å². The summed E-state index contributed by atoms with van der Waals surface area (Å²) in [5.74, 6) is 4.93. The Morgan fingerprint density at radius 1 is 0.727 bits per heavy atom. The van der Waals surface area contributed by atoms with Gasteiger partial charge in [0.05, 0.1) is 0 Å². The van der Waals surface area contributed by atoms with Gasteiger partial charge in [0.2, 0.25) is 0 Å². The monoisotopic (exact) mass is 307 g/mol. The topological polar surface area (TPSA) is 3.24 Å². The first-order chi connectivity index (χ1) is 10.5. The highest BCUT2D eigenvalue weighted by atomic mass is 15.1. The van der Waals surface area contributed by atoms with Gasteiger partial charge in [0, 0.05) is 6.04 Å². The molecule has 2 unspecified atom stereocenters. The van der Waals surface area contributed by atoms with E-state index < -0.39 is 0 Å². The lowest BCUT2D eigenvalue weighted by Gasteiger charge is -2.37. The van der Waals surface area contributed by atoms with E-state index in [9.17, 15) is 0 Å². The summed E-state index contributed by atoms with van der Waals surface area (Å²) in [4.78, 5) is 2.66. The van der Waals surface area contributed by atoms with Gasteiger partial charge in [-0.3, -0.25) is 0 Å². The van der Waals surface area contributed by atoms with Crippen LogP contribution in [0.25, 0.3) is 0 Å². The predicted molar refractivity (Wildman–Crippen MR) is 98.1 cm³/mol. The summed E-state index contributed by atoms with van der Waals surface area (Å²) in [6.45, 7) is 14.9. The minimum Gasteiger partial charge on any atom is -0.301 e. The predicted octanol–water partition coefficient (Wildman–Crippen LogP) is 5.99. The SMILES string of the molecule is CC1CCC(C(C)CCC(C)C2CCN(C(C)C)CC2)CC1. The number of likely N-dealkylation sites (tertiary alicyclic amines) is 1. The summed E-state index contributed by atoms with van der Waals surface area (Å²) in [7, 11) is 0. The van der Waals surface area contributed by atoms with Gasteiger partial charge in [0.1, 0.15) is 0 Å². The second-order valence-corrected chi connectivity index (χ2v) is 9.02. The molecule has 22 heavy (non-hydrogen) atoms. The molecule has 1 nitrogen and oxygen atoms in total. The van der Waals surface area contributed by atoms with E-state index in [4.69, 9.17) is 0 Å². The van der Waals surface area contributed by atoms with Crippen LogP contribution in [-0.2, 0) is 0 Å². The van der Waals surface area contributed by atoms with Crippen molar-refractivity contribution < 1.29 is 0 Å². The third-order valence-electron chi connectivity index (χ3n) is 7.05. The summed E-state index contributed by atoms with van der Waals surface area (Å²) < 4.78 is 0. The van der Waals surface area contributed by atoms with Crippen LogP contribution in [0.1, 0.15) is 86.0 Å². The Hall–Kier alpha value is -0.0400. The van der Waals surface area contributed by atoms with Crippen LogP contribution in [0.3, 0.4) is 0 Å². The third kappa shape index (κ3) is 5.25. The quantitative estimate of drug-likeness (QED) is 0.583. The second kappa shape index (κ2) is 8.71. The van der Waals surface area contributed by atoms with Crippen LogP contribution in [0.4, 0.5) is 0 Å². The van der Waals surface area contributed by atoms with Crippen LogP contribution in [0.15, 0.2) is 0 Å². The van der Waals surface area contributed by atoms with E-state index in [2.05, 4.69) is 39.5 Å². The number of nitrogens with zero attached hydrogens (tertiary/aromatic N) is 1. The zero-order valence-corrected chi connectivity index (χ0v) is 16.0. The van der Waals surface area contributed by atoms with Crippen molar-refractivity contribution in [3.05, 3.63) is 0 Å². The van der Waals surface area contributed by atoms with Gasteiger partial charge in [-0.05, 0) is 82.2 Å². The Kier molecular flexibility index (Phi) is 7.25. The summed E-state index contributed by atoms with van der Waals surface area (Å²) >= 11 is 0. The van der Waals surface area contributed by atoms with Crippen LogP contribution < -0.4 is 0 Å². The molecule has 0 bridgehead atoms. The van der Waals surface area contributed by atoms with E-state index in [-0.39, 0.29) is 0 Å². The Labute approximate surface area is 140 Å². The molecular formula is C21H41N. The standard InChI is InChI=1S/C21H41N/c1-16(2)22-14-12-21(13-15-22)19(5)9-8-18(4)20-10-6-17(3)7-11-20/h16-21H,6-15H2,1-5H3. The number of rotatable bonds is 6. The van der Waals surface area contributed by atoms with Gasteiger partial charge in [-0.25, -0.2) is 0 Å². The molecule has 1 saturated carbocycles. The van der Waals surface area contributed by atoms with Gasteiger partial charge in [-0.1, -0.05) is 46.5 Å². The number of hydrogen-bond acceptors (Lipinski definition) is 1. The molecule has 2 rings (SSSR count). The van der Waals surface area contributed by atoms with Crippen molar-refractivity contribution in [1.29, 1.82) is 0 Å². The Balaban J connectivity index is 1.66. The van der Waals surface area contributed by atoms with E-state index in [1.165, 1.54) is 64.5 Å². The summed E-state index contributed by atoms with van der Waals surface area (Å²) in [5.41, 5.74) is 0. The maximum absolute atomic E-state index is 2.66.